The molecule has 1 aliphatic heterocycles. The first-order valence-corrected chi connectivity index (χ1v) is 8.10. The molecule has 1 saturated heterocycles. The van der Waals surface area contributed by atoms with Gasteiger partial charge in [0.1, 0.15) is 5.75 Å². The third kappa shape index (κ3) is 3.28. The Kier molecular flexibility index (Phi) is 4.57. The summed E-state index contributed by atoms with van der Waals surface area (Å²) < 4.78 is 5.18. The maximum atomic E-state index is 12.8. The Bertz CT molecular complexity index is 741. The smallest absolute Gasteiger partial charge is 0.254 e. The summed E-state index contributed by atoms with van der Waals surface area (Å²) in [5, 5.41) is 17.5. The molecule has 0 radical (unpaired) electrons. The number of likely N-dealkylation sites (tertiary alicyclic amines) is 1. The van der Waals surface area contributed by atoms with Crippen molar-refractivity contribution in [1.29, 1.82) is 0 Å². The first-order chi connectivity index (χ1) is 11.5. The summed E-state index contributed by atoms with van der Waals surface area (Å²) in [6.07, 6.45) is 0.140. The molecule has 24 heavy (non-hydrogen) atoms. The molecule has 2 heterocycles. The van der Waals surface area contributed by atoms with E-state index in [0.29, 0.717) is 25.1 Å². The number of nitrogens with zero attached hydrogens (tertiary/aromatic N) is 2. The largest absolute Gasteiger partial charge is 0.497 e. The number of hydrogen-bond donors (Lipinski definition) is 2. The van der Waals surface area contributed by atoms with Crippen LogP contribution in [-0.2, 0) is 6.42 Å². The molecule has 1 aromatic heterocycles. The highest BCUT2D eigenvalue weighted by molar-refractivity contribution is 5.96. The van der Waals surface area contributed by atoms with Gasteiger partial charge >= 0.3 is 0 Å². The van der Waals surface area contributed by atoms with Crippen LogP contribution in [0.25, 0.3) is 0 Å². The van der Waals surface area contributed by atoms with Crippen LogP contribution in [0.15, 0.2) is 24.3 Å². The Labute approximate surface area is 141 Å². The second kappa shape index (κ2) is 6.65. The van der Waals surface area contributed by atoms with Crippen molar-refractivity contribution in [3.05, 3.63) is 46.8 Å². The number of rotatable bonds is 4. The van der Waals surface area contributed by atoms with Crippen molar-refractivity contribution in [2.45, 2.75) is 26.4 Å². The maximum absolute atomic E-state index is 12.8. The van der Waals surface area contributed by atoms with Crippen LogP contribution in [0.5, 0.6) is 5.75 Å². The second-order valence-corrected chi connectivity index (χ2v) is 6.46. The zero-order chi connectivity index (χ0) is 17.3. The number of methoxy groups -OCH3 is 1. The molecule has 0 spiro atoms. The van der Waals surface area contributed by atoms with E-state index >= 15 is 0 Å². The van der Waals surface area contributed by atoms with E-state index in [0.717, 1.165) is 22.7 Å². The van der Waals surface area contributed by atoms with Crippen LogP contribution in [0.3, 0.4) is 0 Å². The van der Waals surface area contributed by atoms with Crippen LogP contribution >= 0.6 is 0 Å². The van der Waals surface area contributed by atoms with Gasteiger partial charge in [-0.25, -0.2) is 0 Å². The maximum Gasteiger partial charge on any atom is 0.254 e. The van der Waals surface area contributed by atoms with Gasteiger partial charge in [0, 0.05) is 30.3 Å². The summed E-state index contributed by atoms with van der Waals surface area (Å²) in [6.45, 7) is 4.74. The first-order valence-electron chi connectivity index (χ1n) is 8.10. The van der Waals surface area contributed by atoms with E-state index in [9.17, 15) is 9.90 Å². The predicted molar refractivity (Wildman–Crippen MR) is 90.2 cm³/mol. The van der Waals surface area contributed by atoms with E-state index in [1.165, 1.54) is 0 Å². The molecule has 2 atom stereocenters. The van der Waals surface area contributed by atoms with Crippen LogP contribution in [0.2, 0.25) is 0 Å². The van der Waals surface area contributed by atoms with Crippen LogP contribution in [0.1, 0.15) is 27.3 Å². The Morgan fingerprint density at radius 3 is 2.79 bits per heavy atom. The van der Waals surface area contributed by atoms with E-state index in [1.54, 1.807) is 24.1 Å². The zero-order valence-corrected chi connectivity index (χ0v) is 14.2. The zero-order valence-electron chi connectivity index (χ0n) is 14.2. The fourth-order valence-corrected chi connectivity index (χ4v) is 3.24. The fraction of sp³-hybridized carbons (Fsp3) is 0.444. The van der Waals surface area contributed by atoms with Gasteiger partial charge in [0.2, 0.25) is 0 Å². The quantitative estimate of drug-likeness (QED) is 0.895. The van der Waals surface area contributed by atoms with E-state index in [1.807, 2.05) is 26.0 Å². The van der Waals surface area contributed by atoms with Gasteiger partial charge in [0.05, 0.1) is 18.9 Å². The number of aliphatic hydroxyl groups is 1. The molecule has 1 amide bonds. The molecule has 1 fully saturated rings. The van der Waals surface area contributed by atoms with Gasteiger partial charge in [-0.1, -0.05) is 0 Å². The van der Waals surface area contributed by atoms with Crippen molar-refractivity contribution in [3.63, 3.8) is 0 Å². The standard InChI is InChI=1S/C18H23N3O3/c1-11-6-15(24-3)4-5-16(11)18(23)21-9-13(17(22)10-21)8-14-7-12(2)19-20-14/h4-7,13,17,22H,8-10H2,1-3H3,(H,19,20)/t13-,17-/m1/s1. The van der Waals surface area contributed by atoms with Gasteiger partial charge in [0.15, 0.2) is 0 Å². The number of aryl methyl sites for hydroxylation is 2. The molecule has 6 nitrogen and oxygen atoms in total. The first kappa shape index (κ1) is 16.5. The number of aromatic nitrogens is 2. The fourth-order valence-electron chi connectivity index (χ4n) is 3.24. The molecule has 2 aromatic rings. The number of hydrogen-bond acceptors (Lipinski definition) is 4. The minimum atomic E-state index is -0.524. The Hall–Kier alpha value is -2.34. The number of β-amino-alcohol motifs (C(OH)–C–C–N with tert-alkyl or cyclic N) is 1. The molecule has 0 saturated carbocycles. The number of ether oxygens (including phenoxy) is 1. The summed E-state index contributed by atoms with van der Waals surface area (Å²) in [5.41, 5.74) is 3.45. The molecular formula is C18H23N3O3. The number of nitrogens with one attached hydrogen (secondary N) is 1. The number of amides is 1. The number of carbonyl (C=O) groups excluding carboxylic acids is 1. The van der Waals surface area contributed by atoms with Crippen LogP contribution < -0.4 is 4.74 Å². The Morgan fingerprint density at radius 1 is 1.38 bits per heavy atom. The normalized spacial score (nSPS) is 20.4. The molecule has 128 valence electrons. The van der Waals surface area contributed by atoms with Crippen molar-refractivity contribution in [2.24, 2.45) is 5.92 Å². The van der Waals surface area contributed by atoms with E-state index < -0.39 is 6.10 Å². The average molecular weight is 329 g/mol. The van der Waals surface area contributed by atoms with E-state index in [2.05, 4.69) is 10.2 Å². The number of benzene rings is 1. The van der Waals surface area contributed by atoms with Crippen LogP contribution in [0, 0.1) is 19.8 Å². The molecule has 1 aromatic carbocycles. The number of H-pyrrole nitrogens is 1. The van der Waals surface area contributed by atoms with Gasteiger partial charge in [-0.3, -0.25) is 9.89 Å². The number of carbonyl (C=O) groups is 1. The molecule has 6 heteroatoms. The summed E-state index contributed by atoms with van der Waals surface area (Å²) in [7, 11) is 1.61. The van der Waals surface area contributed by atoms with Crippen LogP contribution in [0.4, 0.5) is 0 Å². The minimum absolute atomic E-state index is 0.00945. The van der Waals surface area contributed by atoms with Gasteiger partial charge in [-0.2, -0.15) is 5.10 Å². The van der Waals surface area contributed by atoms with Gasteiger partial charge in [-0.15, -0.1) is 0 Å². The summed E-state index contributed by atoms with van der Waals surface area (Å²) in [6, 6.07) is 7.40. The molecule has 1 aliphatic rings. The highest BCUT2D eigenvalue weighted by atomic mass is 16.5. The third-order valence-electron chi connectivity index (χ3n) is 4.59. The SMILES string of the molecule is COc1ccc(C(=O)N2C[C@@H](Cc3cc(C)[nH]n3)[C@H](O)C2)c(C)c1. The lowest BCUT2D eigenvalue weighted by Gasteiger charge is -2.17. The van der Waals surface area contributed by atoms with Crippen molar-refractivity contribution < 1.29 is 14.6 Å². The van der Waals surface area contributed by atoms with Crippen molar-refractivity contribution in [1.82, 2.24) is 15.1 Å². The van der Waals surface area contributed by atoms with Crippen molar-refractivity contribution in [3.8, 4) is 5.75 Å². The average Bonchev–Trinajstić information content (AvgIpc) is 3.13. The lowest BCUT2D eigenvalue weighted by molar-refractivity contribution is 0.0764. The topological polar surface area (TPSA) is 78.5 Å². The van der Waals surface area contributed by atoms with Crippen LogP contribution in [-0.4, -0.2) is 52.4 Å². The van der Waals surface area contributed by atoms with E-state index in [4.69, 9.17) is 4.74 Å². The van der Waals surface area contributed by atoms with E-state index in [-0.39, 0.29) is 11.8 Å². The molecule has 0 aliphatic carbocycles. The predicted octanol–water partition coefficient (Wildman–Crippen LogP) is 1.71. The van der Waals surface area contributed by atoms with Crippen molar-refractivity contribution >= 4 is 5.91 Å². The number of aromatic amines is 1. The molecule has 2 N–H and O–H groups in total. The Balaban J connectivity index is 1.70. The summed E-state index contributed by atoms with van der Waals surface area (Å²) >= 11 is 0. The monoisotopic (exact) mass is 329 g/mol. The molecule has 0 bridgehead atoms. The Morgan fingerprint density at radius 2 is 2.17 bits per heavy atom. The number of aliphatic hydroxyl groups excluding tert-OH is 1. The lowest BCUT2D eigenvalue weighted by atomic mass is 10.00. The molecule has 3 rings (SSSR count). The highest BCUT2D eigenvalue weighted by Gasteiger charge is 2.35. The summed E-state index contributed by atoms with van der Waals surface area (Å²) in [4.78, 5) is 14.5. The van der Waals surface area contributed by atoms with Gasteiger partial charge in [-0.05, 0) is 50.1 Å². The second-order valence-electron chi connectivity index (χ2n) is 6.46. The molecular weight excluding hydrogens is 306 g/mol. The summed E-state index contributed by atoms with van der Waals surface area (Å²) in [5.74, 6) is 0.697. The van der Waals surface area contributed by atoms with Crippen molar-refractivity contribution in [2.75, 3.05) is 20.2 Å². The van der Waals surface area contributed by atoms with Gasteiger partial charge < -0.3 is 14.7 Å². The lowest BCUT2D eigenvalue weighted by Crippen LogP contribution is -2.30. The highest BCUT2D eigenvalue weighted by Crippen LogP contribution is 2.25. The third-order valence-corrected chi connectivity index (χ3v) is 4.59. The molecule has 0 unspecified atom stereocenters. The minimum Gasteiger partial charge on any atom is -0.497 e. The van der Waals surface area contributed by atoms with Gasteiger partial charge in [0.25, 0.3) is 5.91 Å².